The summed E-state index contributed by atoms with van der Waals surface area (Å²) in [6.07, 6.45) is 2.27. The van der Waals surface area contributed by atoms with Gasteiger partial charge in [0.05, 0.1) is 12.0 Å². The first-order valence-electron chi connectivity index (χ1n) is 6.64. The molecule has 1 aromatic rings. The van der Waals surface area contributed by atoms with Crippen LogP contribution < -0.4 is 10.1 Å². The quantitative estimate of drug-likeness (QED) is 0.580. The lowest BCUT2D eigenvalue weighted by Gasteiger charge is -2.14. The molecule has 0 aliphatic carbocycles. The molecular formula is C14H22N2O3. The molecule has 0 atom stereocenters. The highest BCUT2D eigenvalue weighted by atomic mass is 16.6. The lowest BCUT2D eigenvalue weighted by atomic mass is 10.0. The van der Waals surface area contributed by atoms with Crippen molar-refractivity contribution in [2.75, 3.05) is 13.7 Å². The van der Waals surface area contributed by atoms with Crippen molar-refractivity contribution >= 4 is 5.69 Å². The minimum atomic E-state index is -0.385. The highest BCUT2D eigenvalue weighted by molar-refractivity contribution is 5.43. The molecule has 0 unspecified atom stereocenters. The van der Waals surface area contributed by atoms with Crippen LogP contribution in [0.1, 0.15) is 32.3 Å². The number of hydrogen-bond acceptors (Lipinski definition) is 4. The highest BCUT2D eigenvalue weighted by Crippen LogP contribution is 2.23. The molecule has 19 heavy (non-hydrogen) atoms. The van der Waals surface area contributed by atoms with E-state index in [0.717, 1.165) is 24.9 Å². The van der Waals surface area contributed by atoms with Crippen molar-refractivity contribution < 1.29 is 9.66 Å². The van der Waals surface area contributed by atoms with Crippen molar-refractivity contribution in [3.63, 3.8) is 0 Å². The minimum absolute atomic E-state index is 0.0973. The lowest BCUT2D eigenvalue weighted by molar-refractivity contribution is -0.384. The zero-order chi connectivity index (χ0) is 14.3. The van der Waals surface area contributed by atoms with Gasteiger partial charge in [-0.25, -0.2) is 0 Å². The van der Waals surface area contributed by atoms with Gasteiger partial charge in [-0.1, -0.05) is 26.7 Å². The third-order valence-corrected chi connectivity index (χ3v) is 3.38. The third-order valence-electron chi connectivity index (χ3n) is 3.38. The van der Waals surface area contributed by atoms with E-state index in [1.807, 2.05) is 0 Å². The number of nitrogens with zero attached hydrogens (tertiary/aromatic N) is 1. The summed E-state index contributed by atoms with van der Waals surface area (Å²) in [7, 11) is 1.57. The Morgan fingerprint density at radius 1 is 1.37 bits per heavy atom. The number of benzene rings is 1. The Labute approximate surface area is 114 Å². The van der Waals surface area contributed by atoms with E-state index in [1.165, 1.54) is 6.07 Å². The summed E-state index contributed by atoms with van der Waals surface area (Å²) in [5, 5.41) is 14.1. The fourth-order valence-corrected chi connectivity index (χ4v) is 2.01. The number of nitrogens with one attached hydrogen (secondary N) is 1. The zero-order valence-corrected chi connectivity index (χ0v) is 11.8. The van der Waals surface area contributed by atoms with Crippen LogP contribution in [0.4, 0.5) is 5.69 Å². The van der Waals surface area contributed by atoms with Crippen molar-refractivity contribution in [2.45, 2.75) is 33.2 Å². The molecule has 0 aliphatic rings. The highest BCUT2D eigenvalue weighted by Gasteiger charge is 2.11. The fraction of sp³-hybridized carbons (Fsp3) is 0.571. The molecule has 0 spiro atoms. The van der Waals surface area contributed by atoms with Crippen molar-refractivity contribution in [3.8, 4) is 5.75 Å². The molecule has 0 heterocycles. The molecule has 0 saturated heterocycles. The Kier molecular flexibility index (Phi) is 6.29. The summed E-state index contributed by atoms with van der Waals surface area (Å²) in [5.74, 6) is 1.33. The van der Waals surface area contributed by atoms with E-state index < -0.39 is 0 Å². The van der Waals surface area contributed by atoms with Gasteiger partial charge >= 0.3 is 0 Å². The monoisotopic (exact) mass is 266 g/mol. The van der Waals surface area contributed by atoms with E-state index in [1.54, 1.807) is 19.2 Å². The summed E-state index contributed by atoms with van der Waals surface area (Å²) in [6, 6.07) is 4.67. The van der Waals surface area contributed by atoms with Gasteiger partial charge in [0.1, 0.15) is 5.75 Å². The molecule has 0 aliphatic heterocycles. The smallest absolute Gasteiger partial charge is 0.270 e. The van der Waals surface area contributed by atoms with Crippen LogP contribution >= 0.6 is 0 Å². The summed E-state index contributed by atoms with van der Waals surface area (Å²) in [5.41, 5.74) is 0.919. The van der Waals surface area contributed by atoms with Crippen LogP contribution in [0.25, 0.3) is 0 Å². The van der Waals surface area contributed by atoms with E-state index in [2.05, 4.69) is 19.2 Å². The van der Waals surface area contributed by atoms with Crippen molar-refractivity contribution in [2.24, 2.45) is 5.92 Å². The molecule has 0 saturated carbocycles. The lowest BCUT2D eigenvalue weighted by Crippen LogP contribution is -2.22. The van der Waals surface area contributed by atoms with Crippen molar-refractivity contribution in [1.82, 2.24) is 5.32 Å². The third kappa shape index (κ3) is 4.52. The number of hydrogen-bond donors (Lipinski definition) is 1. The maximum Gasteiger partial charge on any atom is 0.270 e. The van der Waals surface area contributed by atoms with Gasteiger partial charge in [0, 0.05) is 24.2 Å². The van der Waals surface area contributed by atoms with Gasteiger partial charge < -0.3 is 10.1 Å². The Bertz CT molecular complexity index is 417. The molecule has 106 valence electrons. The van der Waals surface area contributed by atoms with E-state index in [-0.39, 0.29) is 10.6 Å². The standard InChI is InChI=1S/C14H22N2O3/c1-4-11(5-2)9-15-10-12-8-13(16(17)18)6-7-14(12)19-3/h6-8,11,15H,4-5,9-10H2,1-3H3. The predicted octanol–water partition coefficient (Wildman–Crippen LogP) is 3.13. The first kappa shape index (κ1) is 15.4. The normalized spacial score (nSPS) is 10.7. The zero-order valence-electron chi connectivity index (χ0n) is 11.8. The number of non-ortho nitro benzene ring substituents is 1. The van der Waals surface area contributed by atoms with Gasteiger partial charge in [0.15, 0.2) is 0 Å². The summed E-state index contributed by atoms with van der Waals surface area (Å²) in [4.78, 5) is 10.4. The molecule has 0 radical (unpaired) electrons. The Hall–Kier alpha value is -1.62. The van der Waals surface area contributed by atoms with Crippen molar-refractivity contribution in [3.05, 3.63) is 33.9 Å². The largest absolute Gasteiger partial charge is 0.496 e. The van der Waals surface area contributed by atoms with Gasteiger partial charge in [-0.2, -0.15) is 0 Å². The van der Waals surface area contributed by atoms with Crippen LogP contribution in [0.3, 0.4) is 0 Å². The van der Waals surface area contributed by atoms with E-state index in [0.29, 0.717) is 18.2 Å². The molecule has 0 amide bonds. The van der Waals surface area contributed by atoms with E-state index >= 15 is 0 Å². The van der Waals surface area contributed by atoms with Gasteiger partial charge in [0.2, 0.25) is 0 Å². The molecule has 0 aromatic heterocycles. The number of rotatable bonds is 8. The number of ether oxygens (including phenoxy) is 1. The molecular weight excluding hydrogens is 244 g/mol. The van der Waals surface area contributed by atoms with E-state index in [9.17, 15) is 10.1 Å². The van der Waals surface area contributed by atoms with Crippen LogP contribution in [0.2, 0.25) is 0 Å². The molecule has 5 heteroatoms. The fourth-order valence-electron chi connectivity index (χ4n) is 2.01. The Balaban J connectivity index is 2.69. The maximum atomic E-state index is 10.8. The van der Waals surface area contributed by atoms with Gasteiger partial charge in [-0.15, -0.1) is 0 Å². The predicted molar refractivity (Wildman–Crippen MR) is 75.4 cm³/mol. The van der Waals surface area contributed by atoms with Crippen LogP contribution in [0.5, 0.6) is 5.75 Å². The number of nitro benzene ring substituents is 1. The van der Waals surface area contributed by atoms with Crippen LogP contribution in [-0.4, -0.2) is 18.6 Å². The molecule has 0 fully saturated rings. The first-order valence-corrected chi connectivity index (χ1v) is 6.64. The Morgan fingerprint density at radius 3 is 2.58 bits per heavy atom. The van der Waals surface area contributed by atoms with Gasteiger partial charge in [-0.3, -0.25) is 10.1 Å². The van der Waals surface area contributed by atoms with E-state index in [4.69, 9.17) is 4.74 Å². The molecule has 1 rings (SSSR count). The van der Waals surface area contributed by atoms with Crippen LogP contribution in [0, 0.1) is 16.0 Å². The van der Waals surface area contributed by atoms with Crippen LogP contribution in [-0.2, 0) is 6.54 Å². The molecule has 1 N–H and O–H groups in total. The second-order valence-electron chi connectivity index (χ2n) is 4.57. The molecule has 0 bridgehead atoms. The summed E-state index contributed by atoms with van der Waals surface area (Å²) in [6.45, 7) is 5.84. The summed E-state index contributed by atoms with van der Waals surface area (Å²) >= 11 is 0. The first-order chi connectivity index (χ1) is 9.12. The second kappa shape index (κ2) is 7.74. The minimum Gasteiger partial charge on any atom is -0.496 e. The topological polar surface area (TPSA) is 64.4 Å². The Morgan fingerprint density at radius 2 is 2.05 bits per heavy atom. The van der Waals surface area contributed by atoms with Gasteiger partial charge in [-0.05, 0) is 18.5 Å². The SMILES string of the molecule is CCC(CC)CNCc1cc([N+](=O)[O-])ccc1OC. The van der Waals surface area contributed by atoms with Crippen molar-refractivity contribution in [1.29, 1.82) is 0 Å². The second-order valence-corrected chi connectivity index (χ2v) is 4.57. The summed E-state index contributed by atoms with van der Waals surface area (Å²) < 4.78 is 5.23. The molecule has 5 nitrogen and oxygen atoms in total. The van der Waals surface area contributed by atoms with Gasteiger partial charge in [0.25, 0.3) is 5.69 Å². The van der Waals surface area contributed by atoms with Crippen LogP contribution in [0.15, 0.2) is 18.2 Å². The maximum absolute atomic E-state index is 10.8. The molecule has 1 aromatic carbocycles. The number of nitro groups is 1. The average Bonchev–Trinajstić information content (AvgIpc) is 2.43. The average molecular weight is 266 g/mol. The number of methoxy groups -OCH3 is 1.